The van der Waals surface area contributed by atoms with Crippen molar-refractivity contribution in [2.45, 2.75) is 425 Å². The second kappa shape index (κ2) is 73.8. The summed E-state index contributed by atoms with van der Waals surface area (Å²) in [4.78, 5) is 72.8. The number of hydrogen-bond acceptors (Lipinski definition) is 15. The molecule has 0 heterocycles. The first-order valence-electron chi connectivity index (χ1n) is 41.1. The number of aliphatic hydroxyl groups is 1. The van der Waals surface area contributed by atoms with E-state index in [0.717, 1.165) is 116 Å². The molecular formula is C80H152O17P2. The van der Waals surface area contributed by atoms with E-state index in [4.69, 9.17) is 37.0 Å². The summed E-state index contributed by atoms with van der Waals surface area (Å²) in [6.07, 6.45) is 69.0. The van der Waals surface area contributed by atoms with Gasteiger partial charge >= 0.3 is 39.5 Å². The number of carbonyl (C=O) groups is 4. The maximum absolute atomic E-state index is 13.1. The third-order valence-corrected chi connectivity index (χ3v) is 20.1. The molecule has 584 valence electrons. The fraction of sp³-hybridized carbons (Fsp3) is 0.900. The lowest BCUT2D eigenvalue weighted by Crippen LogP contribution is -2.30. The number of rotatable bonds is 79. The largest absolute Gasteiger partial charge is 0.472 e. The highest BCUT2D eigenvalue weighted by Crippen LogP contribution is 2.45. The molecular weight excluding hydrogens is 1290 g/mol. The quantitative estimate of drug-likeness (QED) is 0.0169. The van der Waals surface area contributed by atoms with Gasteiger partial charge in [0.15, 0.2) is 12.2 Å². The predicted molar refractivity (Wildman–Crippen MR) is 405 cm³/mol. The molecule has 3 N–H and O–H groups in total. The second-order valence-electron chi connectivity index (χ2n) is 28.1. The standard InChI is InChI=1S/C80H152O17P2/c1-5-9-13-17-21-24-27-30-33-35-36-37-39-42-45-48-51-55-59-63-67-80(85)97-76(71-91-78(83)65-61-57-53-49-46-43-41-38-34-31-28-25-22-18-14-10-6-2)73-95-99(88,89)93-69-74(81)68-92-98(86,87)94-72-75(70-90-77(82)64-60-56-52-20-16-12-8-4)96-79(84)66-62-58-54-50-47-44-40-32-29-26-23-19-15-11-7-3/h26,29,32,40,74-76,81H,5-25,27-28,30-31,33-39,41-73H2,1-4H3,(H,86,87)(H,88,89)/b29-26-,40-32-/t74-,75+,76+/m0/s1. The van der Waals surface area contributed by atoms with Crippen LogP contribution >= 0.6 is 15.6 Å². The Morgan fingerprint density at radius 2 is 0.485 bits per heavy atom. The number of allylic oxidation sites excluding steroid dienone is 4. The van der Waals surface area contributed by atoms with E-state index in [0.29, 0.717) is 25.7 Å². The fourth-order valence-corrected chi connectivity index (χ4v) is 13.5. The maximum Gasteiger partial charge on any atom is 0.472 e. The molecule has 0 aromatic carbocycles. The monoisotopic (exact) mass is 1450 g/mol. The van der Waals surface area contributed by atoms with Gasteiger partial charge in [0, 0.05) is 25.7 Å². The van der Waals surface area contributed by atoms with Gasteiger partial charge in [-0.05, 0) is 51.4 Å². The summed E-state index contributed by atoms with van der Waals surface area (Å²) in [6.45, 7) is 4.91. The van der Waals surface area contributed by atoms with Crippen LogP contribution in [0.4, 0.5) is 0 Å². The molecule has 5 atom stereocenters. The van der Waals surface area contributed by atoms with Crippen molar-refractivity contribution in [3.63, 3.8) is 0 Å². The van der Waals surface area contributed by atoms with Crippen LogP contribution in [0.2, 0.25) is 0 Å². The Hall–Kier alpha value is -2.46. The number of unbranched alkanes of at least 4 members (excludes halogenated alkanes) is 50. The van der Waals surface area contributed by atoms with Crippen molar-refractivity contribution in [2.24, 2.45) is 0 Å². The first-order chi connectivity index (χ1) is 48.2. The van der Waals surface area contributed by atoms with E-state index >= 15 is 0 Å². The van der Waals surface area contributed by atoms with Crippen LogP contribution in [-0.4, -0.2) is 96.7 Å². The highest BCUT2D eigenvalue weighted by molar-refractivity contribution is 7.47. The van der Waals surface area contributed by atoms with Gasteiger partial charge in [0.25, 0.3) is 0 Å². The van der Waals surface area contributed by atoms with Crippen LogP contribution in [0.25, 0.3) is 0 Å². The molecule has 2 unspecified atom stereocenters. The Morgan fingerprint density at radius 3 is 0.737 bits per heavy atom. The van der Waals surface area contributed by atoms with Gasteiger partial charge in [0.05, 0.1) is 26.4 Å². The molecule has 0 rings (SSSR count). The summed E-state index contributed by atoms with van der Waals surface area (Å²) in [6, 6.07) is 0. The Kier molecular flexibility index (Phi) is 72.0. The summed E-state index contributed by atoms with van der Waals surface area (Å²) in [5, 5.41) is 10.6. The van der Waals surface area contributed by atoms with E-state index in [1.165, 1.54) is 212 Å². The van der Waals surface area contributed by atoms with Gasteiger partial charge in [-0.1, -0.05) is 354 Å². The predicted octanol–water partition coefficient (Wildman–Crippen LogP) is 23.7. The van der Waals surface area contributed by atoms with Crippen molar-refractivity contribution in [3.05, 3.63) is 24.3 Å². The molecule has 0 aliphatic carbocycles. The van der Waals surface area contributed by atoms with Crippen molar-refractivity contribution < 1.29 is 80.2 Å². The molecule has 0 amide bonds. The lowest BCUT2D eigenvalue weighted by atomic mass is 10.0. The molecule has 0 aromatic rings. The molecule has 19 heteroatoms. The first-order valence-corrected chi connectivity index (χ1v) is 44.1. The van der Waals surface area contributed by atoms with Crippen molar-refractivity contribution in [1.82, 2.24) is 0 Å². The number of aliphatic hydroxyl groups excluding tert-OH is 1. The number of ether oxygens (including phenoxy) is 4. The summed E-state index contributed by atoms with van der Waals surface area (Å²) < 4.78 is 68.5. The van der Waals surface area contributed by atoms with Crippen molar-refractivity contribution >= 4 is 39.5 Å². The number of hydrogen-bond donors (Lipinski definition) is 3. The molecule has 0 saturated carbocycles. The van der Waals surface area contributed by atoms with E-state index in [-0.39, 0.29) is 25.7 Å². The van der Waals surface area contributed by atoms with Gasteiger partial charge in [0.1, 0.15) is 19.3 Å². The third-order valence-electron chi connectivity index (χ3n) is 18.2. The smallest absolute Gasteiger partial charge is 0.462 e. The van der Waals surface area contributed by atoms with Crippen LogP contribution < -0.4 is 0 Å². The molecule has 99 heavy (non-hydrogen) atoms. The minimum atomic E-state index is -4.96. The van der Waals surface area contributed by atoms with E-state index < -0.39 is 97.5 Å². The molecule has 0 fully saturated rings. The van der Waals surface area contributed by atoms with Gasteiger partial charge < -0.3 is 33.8 Å². The lowest BCUT2D eigenvalue weighted by molar-refractivity contribution is -0.161. The highest BCUT2D eigenvalue weighted by Gasteiger charge is 2.30. The van der Waals surface area contributed by atoms with Crippen molar-refractivity contribution in [2.75, 3.05) is 39.6 Å². The zero-order valence-corrected chi connectivity index (χ0v) is 65.7. The minimum absolute atomic E-state index is 0.0852. The molecule has 0 spiro atoms. The van der Waals surface area contributed by atoms with Gasteiger partial charge in [-0.3, -0.25) is 37.3 Å². The minimum Gasteiger partial charge on any atom is -0.462 e. The van der Waals surface area contributed by atoms with Crippen molar-refractivity contribution in [3.8, 4) is 0 Å². The molecule has 0 bridgehead atoms. The Labute approximate surface area is 605 Å². The molecule has 0 aromatic heterocycles. The van der Waals surface area contributed by atoms with Gasteiger partial charge in [0.2, 0.25) is 0 Å². The molecule has 0 aliphatic rings. The SMILES string of the molecule is CCCCCC/C=C\C=C/CCCCCCCC(=O)O[C@H](COC(=O)CCCCCCCCC)COP(=O)(O)OC[C@H](O)COP(=O)(O)OC[C@@H](COC(=O)CCCCCCCCCCCCCCCCCCC)OC(=O)CCCCCCCCCCCCCCCCCCCCCC. The van der Waals surface area contributed by atoms with Crippen LogP contribution in [-0.2, 0) is 65.4 Å². The fourth-order valence-electron chi connectivity index (χ4n) is 11.9. The maximum atomic E-state index is 13.1. The first kappa shape index (κ1) is 96.5. The van der Waals surface area contributed by atoms with E-state index in [1.54, 1.807) is 0 Å². The average Bonchev–Trinajstić information content (AvgIpc) is 1.08. The van der Waals surface area contributed by atoms with Gasteiger partial charge in [-0.2, -0.15) is 0 Å². The number of carbonyl (C=O) groups excluding carboxylic acids is 4. The summed E-state index contributed by atoms with van der Waals surface area (Å²) in [5.41, 5.74) is 0. The Morgan fingerprint density at radius 1 is 0.283 bits per heavy atom. The number of esters is 4. The van der Waals surface area contributed by atoms with Gasteiger partial charge in [-0.15, -0.1) is 0 Å². The third kappa shape index (κ3) is 73.6. The highest BCUT2D eigenvalue weighted by atomic mass is 31.2. The average molecular weight is 1450 g/mol. The lowest BCUT2D eigenvalue weighted by Gasteiger charge is -2.21. The Bertz CT molecular complexity index is 1970. The van der Waals surface area contributed by atoms with Crippen LogP contribution in [0.5, 0.6) is 0 Å². The van der Waals surface area contributed by atoms with E-state index in [1.807, 2.05) is 0 Å². The molecule has 17 nitrogen and oxygen atoms in total. The molecule has 0 saturated heterocycles. The number of phosphoric ester groups is 2. The van der Waals surface area contributed by atoms with Crippen LogP contribution in [0.1, 0.15) is 407 Å². The molecule has 0 aliphatic heterocycles. The van der Waals surface area contributed by atoms with Gasteiger partial charge in [-0.25, -0.2) is 9.13 Å². The molecule has 0 radical (unpaired) electrons. The summed E-state index contributed by atoms with van der Waals surface area (Å²) in [5.74, 6) is -2.14. The zero-order valence-electron chi connectivity index (χ0n) is 64.0. The van der Waals surface area contributed by atoms with E-state index in [9.17, 15) is 43.2 Å². The van der Waals surface area contributed by atoms with Crippen LogP contribution in [0.3, 0.4) is 0 Å². The zero-order chi connectivity index (χ0) is 72.5. The van der Waals surface area contributed by atoms with Crippen LogP contribution in [0.15, 0.2) is 24.3 Å². The van der Waals surface area contributed by atoms with Crippen LogP contribution in [0, 0.1) is 0 Å². The van der Waals surface area contributed by atoms with E-state index in [2.05, 4.69) is 52.0 Å². The summed E-state index contributed by atoms with van der Waals surface area (Å²) in [7, 11) is -9.92. The summed E-state index contributed by atoms with van der Waals surface area (Å²) >= 11 is 0. The Balaban J connectivity index is 5.20. The normalized spacial score (nSPS) is 14.0. The topological polar surface area (TPSA) is 237 Å². The second-order valence-corrected chi connectivity index (χ2v) is 31.0. The number of phosphoric acid groups is 2. The van der Waals surface area contributed by atoms with Crippen molar-refractivity contribution in [1.29, 1.82) is 0 Å².